The molecule has 0 bridgehead atoms. The number of carbonyl (C=O) groups is 2. The second-order valence-electron chi connectivity index (χ2n) is 5.23. The fourth-order valence-corrected chi connectivity index (χ4v) is 2.19. The van der Waals surface area contributed by atoms with E-state index in [1.165, 1.54) is 18.2 Å². The molecule has 24 heavy (non-hydrogen) atoms. The number of hydrogen-bond acceptors (Lipinski definition) is 4. The third-order valence-corrected chi connectivity index (χ3v) is 3.39. The number of para-hydroxylation sites is 1. The zero-order valence-corrected chi connectivity index (χ0v) is 12.8. The highest BCUT2D eigenvalue weighted by molar-refractivity contribution is 5.99. The molecule has 1 aliphatic heterocycles. The first-order chi connectivity index (χ1) is 11.5. The predicted molar refractivity (Wildman–Crippen MR) is 85.7 cm³/mol. The van der Waals surface area contributed by atoms with Crippen molar-refractivity contribution in [3.8, 4) is 11.5 Å². The van der Waals surface area contributed by atoms with Crippen molar-refractivity contribution in [3.63, 3.8) is 0 Å². The average molecular weight is 330 g/mol. The minimum Gasteiger partial charge on any atom is -0.481 e. The molecule has 0 aliphatic carbocycles. The first-order valence-corrected chi connectivity index (χ1v) is 7.31. The van der Waals surface area contributed by atoms with Crippen LogP contribution in [0.15, 0.2) is 42.5 Å². The van der Waals surface area contributed by atoms with Gasteiger partial charge in [-0.1, -0.05) is 12.1 Å². The molecule has 0 saturated heterocycles. The fraction of sp³-hybridized carbons (Fsp3) is 0.176. The van der Waals surface area contributed by atoms with Gasteiger partial charge in [0.2, 0.25) is 0 Å². The number of halogens is 1. The lowest BCUT2D eigenvalue weighted by atomic mass is 10.2. The Morgan fingerprint density at radius 1 is 1.33 bits per heavy atom. The van der Waals surface area contributed by atoms with E-state index in [2.05, 4.69) is 10.6 Å². The molecule has 2 aromatic rings. The summed E-state index contributed by atoms with van der Waals surface area (Å²) in [6.07, 6.45) is -0.563. The molecule has 3 rings (SSSR count). The molecule has 0 spiro atoms. The van der Waals surface area contributed by atoms with Crippen LogP contribution in [0, 0.1) is 5.82 Å². The zero-order chi connectivity index (χ0) is 17.1. The number of fused-ring (bicyclic) bond motifs is 1. The summed E-state index contributed by atoms with van der Waals surface area (Å²) in [5.74, 6) is -0.702. The Labute approximate surface area is 137 Å². The Kier molecular flexibility index (Phi) is 4.33. The molecule has 2 aromatic carbocycles. The number of nitrogens with one attached hydrogen (secondary N) is 2. The van der Waals surface area contributed by atoms with Crippen molar-refractivity contribution in [2.24, 2.45) is 0 Å². The number of anilines is 2. The summed E-state index contributed by atoms with van der Waals surface area (Å²) >= 11 is 0. The second-order valence-corrected chi connectivity index (χ2v) is 5.23. The van der Waals surface area contributed by atoms with Crippen molar-refractivity contribution in [3.05, 3.63) is 48.3 Å². The lowest BCUT2D eigenvalue weighted by Gasteiger charge is -2.23. The van der Waals surface area contributed by atoms with Crippen LogP contribution in [0.3, 0.4) is 0 Å². The molecule has 0 saturated carbocycles. The number of carbonyl (C=O) groups excluding carboxylic acids is 2. The average Bonchev–Trinajstić information content (AvgIpc) is 2.55. The molecule has 0 radical (unpaired) electrons. The Bertz CT molecular complexity index is 794. The van der Waals surface area contributed by atoms with E-state index in [1.54, 1.807) is 31.2 Å². The molecule has 0 aromatic heterocycles. The summed E-state index contributed by atoms with van der Waals surface area (Å²) < 4.78 is 24.0. The molecule has 1 aliphatic rings. The van der Waals surface area contributed by atoms with E-state index < -0.39 is 17.8 Å². The van der Waals surface area contributed by atoms with Crippen LogP contribution in [0.2, 0.25) is 0 Å². The highest BCUT2D eigenvalue weighted by Crippen LogP contribution is 2.32. The van der Waals surface area contributed by atoms with E-state index in [1.807, 2.05) is 0 Å². The maximum absolute atomic E-state index is 13.4. The fourth-order valence-electron chi connectivity index (χ4n) is 2.19. The van der Waals surface area contributed by atoms with Crippen LogP contribution < -0.4 is 20.1 Å². The van der Waals surface area contributed by atoms with Crippen molar-refractivity contribution >= 4 is 23.2 Å². The maximum Gasteiger partial charge on any atom is 0.265 e. The number of amides is 2. The third kappa shape index (κ3) is 3.45. The smallest absolute Gasteiger partial charge is 0.265 e. The van der Waals surface area contributed by atoms with Gasteiger partial charge in [0.15, 0.2) is 24.3 Å². The van der Waals surface area contributed by atoms with E-state index in [9.17, 15) is 14.0 Å². The quantitative estimate of drug-likeness (QED) is 0.903. The molecular weight excluding hydrogens is 315 g/mol. The summed E-state index contributed by atoms with van der Waals surface area (Å²) in [7, 11) is 0. The Morgan fingerprint density at radius 2 is 2.12 bits per heavy atom. The first kappa shape index (κ1) is 15.8. The second kappa shape index (κ2) is 6.57. The van der Waals surface area contributed by atoms with Crippen molar-refractivity contribution < 1.29 is 23.5 Å². The van der Waals surface area contributed by atoms with Gasteiger partial charge in [-0.05, 0) is 37.3 Å². The standard InChI is InChI=1S/C17H15FN2O4/c1-10-17(22)20-13-8-11(6-7-15(13)24-10)19-16(21)9-23-14-5-3-2-4-12(14)18/h2-8,10H,9H2,1H3,(H,19,21)(H,20,22). The number of rotatable bonds is 4. The highest BCUT2D eigenvalue weighted by atomic mass is 19.1. The van der Waals surface area contributed by atoms with Gasteiger partial charge in [0.05, 0.1) is 5.69 Å². The molecule has 2 N–H and O–H groups in total. The lowest BCUT2D eigenvalue weighted by Crippen LogP contribution is -2.34. The SMILES string of the molecule is CC1Oc2ccc(NC(=O)COc3ccccc3F)cc2NC1=O. The topological polar surface area (TPSA) is 76.7 Å². The van der Waals surface area contributed by atoms with Gasteiger partial charge in [0.1, 0.15) is 5.75 Å². The molecule has 1 unspecified atom stereocenters. The monoisotopic (exact) mass is 330 g/mol. The summed E-state index contributed by atoms with van der Waals surface area (Å²) in [5, 5.41) is 5.31. The minimum atomic E-state index is -0.563. The van der Waals surface area contributed by atoms with E-state index >= 15 is 0 Å². The zero-order valence-electron chi connectivity index (χ0n) is 12.8. The number of ether oxygens (including phenoxy) is 2. The van der Waals surface area contributed by atoms with Crippen LogP contribution in [0.1, 0.15) is 6.92 Å². The normalized spacial score (nSPS) is 15.8. The Morgan fingerprint density at radius 3 is 2.92 bits per heavy atom. The molecule has 124 valence electrons. The van der Waals surface area contributed by atoms with Crippen molar-refractivity contribution in [2.45, 2.75) is 13.0 Å². The summed E-state index contributed by atoms with van der Waals surface area (Å²) in [5.41, 5.74) is 0.945. The highest BCUT2D eigenvalue weighted by Gasteiger charge is 2.23. The first-order valence-electron chi connectivity index (χ1n) is 7.31. The van der Waals surface area contributed by atoms with Gasteiger partial charge in [-0.2, -0.15) is 0 Å². The summed E-state index contributed by atoms with van der Waals surface area (Å²) in [4.78, 5) is 23.5. The molecule has 7 heteroatoms. The number of benzene rings is 2. The molecular formula is C17H15FN2O4. The van der Waals surface area contributed by atoms with Crippen molar-refractivity contribution in [1.82, 2.24) is 0 Å². The summed E-state index contributed by atoms with van der Waals surface area (Å²) in [6.45, 7) is 1.31. The van der Waals surface area contributed by atoms with Crippen LogP contribution in [0.25, 0.3) is 0 Å². The van der Waals surface area contributed by atoms with Gasteiger partial charge in [-0.3, -0.25) is 9.59 Å². The molecule has 6 nitrogen and oxygen atoms in total. The largest absolute Gasteiger partial charge is 0.481 e. The van der Waals surface area contributed by atoms with Crippen LogP contribution in [-0.2, 0) is 9.59 Å². The minimum absolute atomic E-state index is 0.00717. The predicted octanol–water partition coefficient (Wildman–Crippen LogP) is 2.56. The van der Waals surface area contributed by atoms with Crippen molar-refractivity contribution in [1.29, 1.82) is 0 Å². The van der Waals surface area contributed by atoms with Gasteiger partial charge in [-0.15, -0.1) is 0 Å². The van der Waals surface area contributed by atoms with Gasteiger partial charge in [0.25, 0.3) is 11.8 Å². The van der Waals surface area contributed by atoms with Gasteiger partial charge < -0.3 is 20.1 Å². The molecule has 2 amide bonds. The van der Waals surface area contributed by atoms with Gasteiger partial charge >= 0.3 is 0 Å². The van der Waals surface area contributed by atoms with Gasteiger partial charge in [0, 0.05) is 5.69 Å². The van der Waals surface area contributed by atoms with Gasteiger partial charge in [-0.25, -0.2) is 4.39 Å². The van der Waals surface area contributed by atoms with Crippen LogP contribution in [0.4, 0.5) is 15.8 Å². The third-order valence-electron chi connectivity index (χ3n) is 3.39. The maximum atomic E-state index is 13.4. The van der Waals surface area contributed by atoms with E-state index in [4.69, 9.17) is 9.47 Å². The van der Waals surface area contributed by atoms with Crippen LogP contribution >= 0.6 is 0 Å². The molecule has 0 fully saturated rings. The number of hydrogen-bond donors (Lipinski definition) is 2. The Balaban J connectivity index is 1.62. The van der Waals surface area contributed by atoms with Crippen LogP contribution in [0.5, 0.6) is 11.5 Å². The lowest BCUT2D eigenvalue weighted by molar-refractivity contribution is -0.122. The molecule has 1 heterocycles. The van der Waals surface area contributed by atoms with E-state index in [0.29, 0.717) is 17.1 Å². The Hall–Kier alpha value is -3.09. The van der Waals surface area contributed by atoms with Crippen LogP contribution in [-0.4, -0.2) is 24.5 Å². The van der Waals surface area contributed by atoms with E-state index in [-0.39, 0.29) is 18.3 Å². The summed E-state index contributed by atoms with van der Waals surface area (Å²) in [6, 6.07) is 10.7. The van der Waals surface area contributed by atoms with E-state index in [0.717, 1.165) is 0 Å². The molecule has 1 atom stereocenters. The van der Waals surface area contributed by atoms with Crippen molar-refractivity contribution in [2.75, 3.05) is 17.2 Å².